The third kappa shape index (κ3) is 2.77. The van der Waals surface area contributed by atoms with E-state index in [4.69, 9.17) is 0 Å². The first kappa shape index (κ1) is 13.7. The maximum absolute atomic E-state index is 12.8. The van der Waals surface area contributed by atoms with E-state index in [1.165, 1.54) is 12.1 Å². The van der Waals surface area contributed by atoms with Crippen LogP contribution in [0, 0.1) is 0 Å². The van der Waals surface area contributed by atoms with E-state index in [0.29, 0.717) is 18.8 Å². The zero-order valence-corrected chi connectivity index (χ0v) is 11.1. The van der Waals surface area contributed by atoms with Gasteiger partial charge in [-0.25, -0.2) is 0 Å². The third-order valence-electron chi connectivity index (χ3n) is 3.36. The molecule has 108 valence electrons. The fourth-order valence-electron chi connectivity index (χ4n) is 2.38. The quantitative estimate of drug-likeness (QED) is 0.817. The second-order valence-electron chi connectivity index (χ2n) is 4.77. The summed E-state index contributed by atoms with van der Waals surface area (Å²) in [5.41, 5.74) is 0.789. The number of benzene rings is 2. The molecule has 2 aromatic rings. The standard InChI is InChI=1S/C16H13F3N2/c17-16(18,19)13-7-4-8-14(11-13)21-10-9-20-15(21)12-5-2-1-3-6-12/h1-8,11H,9-10H2. The molecule has 1 aliphatic heterocycles. The van der Waals surface area contributed by atoms with Crippen molar-refractivity contribution >= 4 is 11.5 Å². The number of halogens is 3. The van der Waals surface area contributed by atoms with Gasteiger partial charge < -0.3 is 4.90 Å². The smallest absolute Gasteiger partial charge is 0.324 e. The van der Waals surface area contributed by atoms with Crippen LogP contribution in [0.2, 0.25) is 0 Å². The van der Waals surface area contributed by atoms with Gasteiger partial charge in [0.1, 0.15) is 5.84 Å². The molecule has 0 spiro atoms. The highest BCUT2D eigenvalue weighted by molar-refractivity contribution is 6.11. The molecule has 0 N–H and O–H groups in total. The summed E-state index contributed by atoms with van der Waals surface area (Å²) < 4.78 is 38.5. The molecule has 2 nitrogen and oxygen atoms in total. The Balaban J connectivity index is 1.96. The van der Waals surface area contributed by atoms with Gasteiger partial charge >= 0.3 is 6.18 Å². The number of aliphatic imine (C=N–C) groups is 1. The van der Waals surface area contributed by atoms with Crippen molar-refractivity contribution in [1.82, 2.24) is 0 Å². The maximum Gasteiger partial charge on any atom is 0.416 e. The first-order chi connectivity index (χ1) is 10.1. The van der Waals surface area contributed by atoms with Gasteiger partial charge in [-0.05, 0) is 18.2 Å². The molecule has 0 aliphatic carbocycles. The summed E-state index contributed by atoms with van der Waals surface area (Å²) >= 11 is 0. The number of hydrogen-bond acceptors (Lipinski definition) is 2. The Kier molecular flexibility index (Phi) is 3.41. The summed E-state index contributed by atoms with van der Waals surface area (Å²) in [5, 5.41) is 0. The lowest BCUT2D eigenvalue weighted by atomic mass is 10.1. The average Bonchev–Trinajstić information content (AvgIpc) is 2.97. The highest BCUT2D eigenvalue weighted by Gasteiger charge is 2.31. The lowest BCUT2D eigenvalue weighted by molar-refractivity contribution is -0.137. The van der Waals surface area contributed by atoms with E-state index in [1.807, 2.05) is 35.2 Å². The van der Waals surface area contributed by atoms with Gasteiger partial charge in [-0.3, -0.25) is 4.99 Å². The van der Waals surface area contributed by atoms with E-state index in [2.05, 4.69) is 4.99 Å². The molecule has 0 saturated carbocycles. The van der Waals surface area contributed by atoms with Crippen LogP contribution in [-0.4, -0.2) is 18.9 Å². The lowest BCUT2D eigenvalue weighted by Crippen LogP contribution is -2.28. The minimum atomic E-state index is -4.33. The SMILES string of the molecule is FC(F)(F)c1cccc(N2CCN=C2c2ccccc2)c1. The summed E-state index contributed by atoms with van der Waals surface area (Å²) in [6.07, 6.45) is -4.33. The number of alkyl halides is 3. The van der Waals surface area contributed by atoms with Crippen molar-refractivity contribution in [3.63, 3.8) is 0 Å². The molecule has 0 amide bonds. The largest absolute Gasteiger partial charge is 0.416 e. The van der Waals surface area contributed by atoms with Crippen LogP contribution in [0.4, 0.5) is 18.9 Å². The van der Waals surface area contributed by atoms with Gasteiger partial charge in [0, 0.05) is 17.8 Å². The second-order valence-corrected chi connectivity index (χ2v) is 4.77. The average molecular weight is 290 g/mol. The molecule has 21 heavy (non-hydrogen) atoms. The predicted molar refractivity (Wildman–Crippen MR) is 76.6 cm³/mol. The molecule has 0 atom stereocenters. The number of anilines is 1. The van der Waals surface area contributed by atoms with Crippen LogP contribution in [0.5, 0.6) is 0 Å². The molecule has 1 aliphatic rings. The van der Waals surface area contributed by atoms with Crippen LogP contribution < -0.4 is 4.90 Å². The van der Waals surface area contributed by atoms with Gasteiger partial charge in [0.15, 0.2) is 0 Å². The van der Waals surface area contributed by atoms with Crippen molar-refractivity contribution in [3.05, 3.63) is 65.7 Å². The minimum Gasteiger partial charge on any atom is -0.324 e. The summed E-state index contributed by atoms with van der Waals surface area (Å²) in [4.78, 5) is 6.24. The van der Waals surface area contributed by atoms with Gasteiger partial charge in [-0.15, -0.1) is 0 Å². The van der Waals surface area contributed by atoms with Crippen LogP contribution in [0.3, 0.4) is 0 Å². The van der Waals surface area contributed by atoms with Gasteiger partial charge in [-0.2, -0.15) is 13.2 Å². The van der Waals surface area contributed by atoms with Crippen molar-refractivity contribution < 1.29 is 13.2 Å². The van der Waals surface area contributed by atoms with E-state index in [-0.39, 0.29) is 0 Å². The van der Waals surface area contributed by atoms with Crippen molar-refractivity contribution in [2.24, 2.45) is 4.99 Å². The topological polar surface area (TPSA) is 15.6 Å². The van der Waals surface area contributed by atoms with Crippen LogP contribution in [0.15, 0.2) is 59.6 Å². The Hall–Kier alpha value is -2.30. The van der Waals surface area contributed by atoms with E-state index in [9.17, 15) is 13.2 Å². The number of hydrogen-bond donors (Lipinski definition) is 0. The molecule has 0 unspecified atom stereocenters. The Labute approximate surface area is 120 Å². The first-order valence-electron chi connectivity index (χ1n) is 6.60. The molecule has 1 heterocycles. The molecule has 3 rings (SSSR count). The monoisotopic (exact) mass is 290 g/mol. The van der Waals surface area contributed by atoms with Crippen molar-refractivity contribution in [1.29, 1.82) is 0 Å². The van der Waals surface area contributed by atoms with Crippen molar-refractivity contribution in [3.8, 4) is 0 Å². The van der Waals surface area contributed by atoms with Gasteiger partial charge in [0.25, 0.3) is 0 Å². The summed E-state index contributed by atoms with van der Waals surface area (Å²) in [6.45, 7) is 1.17. The predicted octanol–water partition coefficient (Wildman–Crippen LogP) is 3.97. The molecule has 0 bridgehead atoms. The van der Waals surface area contributed by atoms with E-state index >= 15 is 0 Å². The molecular formula is C16H13F3N2. The summed E-state index contributed by atoms with van der Waals surface area (Å²) in [7, 11) is 0. The van der Waals surface area contributed by atoms with Gasteiger partial charge in [0.2, 0.25) is 0 Å². The maximum atomic E-state index is 12.8. The Morgan fingerprint density at radius 2 is 1.71 bits per heavy atom. The molecule has 5 heteroatoms. The fourth-order valence-corrected chi connectivity index (χ4v) is 2.38. The Bertz CT molecular complexity index is 663. The lowest BCUT2D eigenvalue weighted by Gasteiger charge is -2.21. The van der Waals surface area contributed by atoms with E-state index in [1.54, 1.807) is 6.07 Å². The van der Waals surface area contributed by atoms with Crippen molar-refractivity contribution in [2.75, 3.05) is 18.0 Å². The zero-order valence-electron chi connectivity index (χ0n) is 11.1. The number of nitrogens with zero attached hydrogens (tertiary/aromatic N) is 2. The fraction of sp³-hybridized carbons (Fsp3) is 0.188. The van der Waals surface area contributed by atoms with Crippen LogP contribution >= 0.6 is 0 Å². The third-order valence-corrected chi connectivity index (χ3v) is 3.36. The van der Waals surface area contributed by atoms with Crippen molar-refractivity contribution in [2.45, 2.75) is 6.18 Å². The minimum absolute atomic E-state index is 0.518. The van der Waals surface area contributed by atoms with E-state index < -0.39 is 11.7 Å². The highest BCUT2D eigenvalue weighted by atomic mass is 19.4. The van der Waals surface area contributed by atoms with E-state index in [0.717, 1.165) is 17.5 Å². The Morgan fingerprint density at radius 3 is 2.43 bits per heavy atom. The Morgan fingerprint density at radius 1 is 0.952 bits per heavy atom. The van der Waals surface area contributed by atoms with Gasteiger partial charge in [-0.1, -0.05) is 36.4 Å². The van der Waals surface area contributed by atoms with Crippen LogP contribution in [0.25, 0.3) is 0 Å². The summed E-state index contributed by atoms with van der Waals surface area (Å²) in [5.74, 6) is 0.718. The molecule has 0 radical (unpaired) electrons. The molecule has 0 fully saturated rings. The highest BCUT2D eigenvalue weighted by Crippen LogP contribution is 2.32. The van der Waals surface area contributed by atoms with Crippen LogP contribution in [0.1, 0.15) is 11.1 Å². The summed E-state index contributed by atoms with van der Waals surface area (Å²) in [6, 6.07) is 14.9. The van der Waals surface area contributed by atoms with Crippen LogP contribution in [-0.2, 0) is 6.18 Å². The number of rotatable bonds is 2. The molecule has 0 aromatic heterocycles. The molecule has 2 aromatic carbocycles. The zero-order chi connectivity index (χ0) is 14.9. The van der Waals surface area contributed by atoms with Gasteiger partial charge in [0.05, 0.1) is 12.1 Å². The second kappa shape index (κ2) is 5.24. The molecular weight excluding hydrogens is 277 g/mol. The molecule has 0 saturated heterocycles. The normalized spacial score (nSPS) is 15.2. The number of amidine groups is 1. The first-order valence-corrected chi connectivity index (χ1v) is 6.60.